The van der Waals surface area contributed by atoms with Crippen LogP contribution < -0.4 is 5.32 Å². The lowest BCUT2D eigenvalue weighted by atomic mass is 9.52. The van der Waals surface area contributed by atoms with Crippen LogP contribution in [0.15, 0.2) is 41.5 Å². The van der Waals surface area contributed by atoms with E-state index < -0.39 is 0 Å². The summed E-state index contributed by atoms with van der Waals surface area (Å²) in [5.74, 6) is 1.27. The summed E-state index contributed by atoms with van der Waals surface area (Å²) in [5, 5.41) is 3.29. The van der Waals surface area contributed by atoms with Gasteiger partial charge in [-0.2, -0.15) is 0 Å². The van der Waals surface area contributed by atoms with Gasteiger partial charge in [-0.05, 0) is 61.7 Å². The lowest BCUT2D eigenvalue weighted by molar-refractivity contribution is -0.128. The van der Waals surface area contributed by atoms with Crippen LogP contribution >= 0.6 is 0 Å². The number of hydrogen-bond donors (Lipinski definition) is 1. The summed E-state index contributed by atoms with van der Waals surface area (Å²) < 4.78 is 0. The largest absolute Gasteiger partial charge is 0.353 e. The molecule has 0 spiro atoms. The van der Waals surface area contributed by atoms with E-state index >= 15 is 0 Å². The fraction of sp³-hybridized carbons (Fsp3) is 0.600. The lowest BCUT2D eigenvalue weighted by Crippen LogP contribution is -2.57. The number of benzene rings is 1. The molecular weight excluding hydrogens is 346 g/mol. The molecule has 148 valence electrons. The second kappa shape index (κ2) is 6.30. The highest BCUT2D eigenvalue weighted by atomic mass is 16.1. The number of ketones is 1. The van der Waals surface area contributed by atoms with Crippen molar-refractivity contribution in [2.24, 2.45) is 22.7 Å². The van der Waals surface area contributed by atoms with Gasteiger partial charge in [0, 0.05) is 23.9 Å². The van der Waals surface area contributed by atoms with Gasteiger partial charge in [0.05, 0.1) is 0 Å². The Balaban J connectivity index is 1.49. The zero-order valence-electron chi connectivity index (χ0n) is 17.1. The molecule has 3 fully saturated rings. The number of allylic oxidation sites excluding steroid dienone is 2. The Labute approximate surface area is 168 Å². The van der Waals surface area contributed by atoms with Gasteiger partial charge in [0.2, 0.25) is 5.91 Å². The Bertz CT molecular complexity index is 857. The molecular formula is C25H31NO2. The van der Waals surface area contributed by atoms with Crippen molar-refractivity contribution in [1.82, 2.24) is 5.32 Å². The van der Waals surface area contributed by atoms with Crippen LogP contribution in [0, 0.1) is 22.7 Å². The number of hydrogen-bond acceptors (Lipinski definition) is 2. The van der Waals surface area contributed by atoms with Crippen LogP contribution in [0.3, 0.4) is 0 Å². The van der Waals surface area contributed by atoms with Gasteiger partial charge in [-0.3, -0.25) is 9.59 Å². The van der Waals surface area contributed by atoms with Gasteiger partial charge in [0.1, 0.15) is 0 Å². The maximum Gasteiger partial charge on any atom is 0.220 e. The van der Waals surface area contributed by atoms with Crippen molar-refractivity contribution < 1.29 is 9.59 Å². The van der Waals surface area contributed by atoms with E-state index in [1.807, 2.05) is 30.3 Å². The topological polar surface area (TPSA) is 46.2 Å². The van der Waals surface area contributed by atoms with Crippen molar-refractivity contribution in [3.8, 4) is 0 Å². The van der Waals surface area contributed by atoms with Crippen LogP contribution in [0.4, 0.5) is 0 Å². The van der Waals surface area contributed by atoms with Crippen molar-refractivity contribution in [3.63, 3.8) is 0 Å². The maximum atomic E-state index is 13.3. The van der Waals surface area contributed by atoms with Crippen LogP contribution in [0.25, 0.3) is 0 Å². The zero-order valence-corrected chi connectivity index (χ0v) is 17.1. The van der Waals surface area contributed by atoms with Gasteiger partial charge in [0.15, 0.2) is 5.78 Å². The van der Waals surface area contributed by atoms with Crippen LogP contribution in [-0.2, 0) is 4.79 Å². The Morgan fingerprint density at radius 3 is 2.57 bits per heavy atom. The number of carbonyl (C=O) groups is 2. The highest BCUT2D eigenvalue weighted by Crippen LogP contribution is 2.63. The van der Waals surface area contributed by atoms with Crippen molar-refractivity contribution in [1.29, 1.82) is 0 Å². The molecule has 0 radical (unpaired) electrons. The van der Waals surface area contributed by atoms with Crippen LogP contribution in [0.1, 0.15) is 75.6 Å². The summed E-state index contributed by atoms with van der Waals surface area (Å²) >= 11 is 0. The molecule has 3 heteroatoms. The van der Waals surface area contributed by atoms with E-state index in [0.29, 0.717) is 24.2 Å². The summed E-state index contributed by atoms with van der Waals surface area (Å²) in [6.07, 6.45) is 8.18. The average Bonchev–Trinajstić information content (AvgIpc) is 3.06. The molecule has 3 nitrogen and oxygen atoms in total. The van der Waals surface area contributed by atoms with Gasteiger partial charge in [0.25, 0.3) is 0 Å². The molecule has 1 aromatic carbocycles. The first kappa shape index (κ1) is 18.1. The first-order chi connectivity index (χ1) is 13.4. The minimum absolute atomic E-state index is 0.0276. The third-order valence-electron chi connectivity index (χ3n) is 8.80. The molecule has 1 saturated heterocycles. The van der Waals surface area contributed by atoms with Crippen LogP contribution in [0.2, 0.25) is 0 Å². The normalized spacial score (nSPS) is 39.6. The number of piperidine rings is 1. The fourth-order valence-corrected chi connectivity index (χ4v) is 7.17. The molecule has 5 rings (SSSR count). The van der Waals surface area contributed by atoms with Gasteiger partial charge in [-0.15, -0.1) is 0 Å². The molecule has 1 N–H and O–H groups in total. The summed E-state index contributed by atoms with van der Waals surface area (Å²) in [4.78, 5) is 25.3. The van der Waals surface area contributed by atoms with Gasteiger partial charge in [-0.1, -0.05) is 55.3 Å². The first-order valence-electron chi connectivity index (χ1n) is 11.0. The number of carbonyl (C=O) groups excluding carboxylic acids is 2. The molecule has 3 aliphatic carbocycles. The van der Waals surface area contributed by atoms with E-state index in [9.17, 15) is 9.59 Å². The zero-order chi connectivity index (χ0) is 19.5. The van der Waals surface area contributed by atoms with E-state index in [4.69, 9.17) is 0 Å². The SMILES string of the molecule is C[C@]12CCC(=O)N[C@@H]1CCC1=C3CC[C@H](C(=O)c4ccccc4)[C@@]3(C)CC[C@@H]12. The van der Waals surface area contributed by atoms with Crippen LogP contribution in [-0.4, -0.2) is 17.7 Å². The van der Waals surface area contributed by atoms with Crippen molar-refractivity contribution >= 4 is 11.7 Å². The molecule has 1 aromatic rings. The van der Waals surface area contributed by atoms with E-state index in [1.54, 1.807) is 11.1 Å². The molecule has 4 aliphatic rings. The third kappa shape index (κ3) is 2.47. The van der Waals surface area contributed by atoms with Crippen LogP contribution in [0.5, 0.6) is 0 Å². The van der Waals surface area contributed by atoms with Gasteiger partial charge >= 0.3 is 0 Å². The molecule has 1 aliphatic heterocycles. The maximum absolute atomic E-state index is 13.3. The summed E-state index contributed by atoms with van der Waals surface area (Å²) in [6, 6.07) is 10.2. The lowest BCUT2D eigenvalue weighted by Gasteiger charge is -2.55. The number of rotatable bonds is 2. The van der Waals surface area contributed by atoms with Crippen molar-refractivity contribution in [3.05, 3.63) is 47.0 Å². The highest BCUT2D eigenvalue weighted by Gasteiger charge is 2.56. The monoisotopic (exact) mass is 377 g/mol. The van der Waals surface area contributed by atoms with E-state index in [0.717, 1.165) is 50.5 Å². The molecule has 28 heavy (non-hydrogen) atoms. The number of fused-ring (bicyclic) bond motifs is 4. The third-order valence-corrected chi connectivity index (χ3v) is 8.80. The van der Waals surface area contributed by atoms with Crippen molar-refractivity contribution in [2.75, 3.05) is 0 Å². The minimum Gasteiger partial charge on any atom is -0.353 e. The predicted molar refractivity (Wildman–Crippen MR) is 110 cm³/mol. The summed E-state index contributed by atoms with van der Waals surface area (Å²) in [7, 11) is 0. The molecule has 0 bridgehead atoms. The molecule has 1 amide bonds. The predicted octanol–water partition coefficient (Wildman–Crippen LogP) is 5.07. The van der Waals surface area contributed by atoms with E-state index in [2.05, 4.69) is 19.2 Å². The second-order valence-electron chi connectivity index (χ2n) is 10.00. The quantitative estimate of drug-likeness (QED) is 0.578. The molecule has 1 heterocycles. The first-order valence-corrected chi connectivity index (χ1v) is 11.0. The van der Waals surface area contributed by atoms with Gasteiger partial charge < -0.3 is 5.32 Å². The Morgan fingerprint density at radius 1 is 1.00 bits per heavy atom. The number of Topliss-reactive ketones (excluding diaryl/α,β-unsaturated/α-hetero) is 1. The fourth-order valence-electron chi connectivity index (χ4n) is 7.17. The summed E-state index contributed by atoms with van der Waals surface area (Å²) in [5.41, 5.74) is 4.35. The highest BCUT2D eigenvalue weighted by molar-refractivity contribution is 5.99. The average molecular weight is 378 g/mol. The molecule has 0 aromatic heterocycles. The smallest absolute Gasteiger partial charge is 0.220 e. The summed E-state index contributed by atoms with van der Waals surface area (Å²) in [6.45, 7) is 4.77. The Hall–Kier alpha value is -1.90. The van der Waals surface area contributed by atoms with Gasteiger partial charge in [-0.25, -0.2) is 0 Å². The Kier molecular flexibility index (Phi) is 4.08. The Morgan fingerprint density at radius 2 is 1.79 bits per heavy atom. The minimum atomic E-state index is 0.0276. The second-order valence-corrected chi connectivity index (χ2v) is 10.00. The number of nitrogens with one attached hydrogen (secondary N) is 1. The molecule has 0 unspecified atom stereocenters. The molecule has 5 atom stereocenters. The van der Waals surface area contributed by atoms with Crippen molar-refractivity contribution in [2.45, 2.75) is 71.3 Å². The van der Waals surface area contributed by atoms with E-state index in [1.165, 1.54) is 0 Å². The number of amides is 1. The van der Waals surface area contributed by atoms with E-state index in [-0.39, 0.29) is 22.7 Å². The standard InChI is InChI=1S/C25H31NO2/c1-24-14-12-19-17(8-11-21-25(19,2)15-13-22(27)26-21)18(24)9-10-20(24)23(28)16-6-4-3-5-7-16/h3-7,19-21H,8-15H2,1-2H3,(H,26,27)/t19-,20+,21+,24-,25+/m0/s1. The molecule has 2 saturated carbocycles.